The molecule has 1 N–H and O–H groups in total. The Labute approximate surface area is 110 Å². The summed E-state index contributed by atoms with van der Waals surface area (Å²) < 4.78 is 0.419. The summed E-state index contributed by atoms with van der Waals surface area (Å²) in [5.74, 6) is -1.84. The molecule has 0 amide bonds. The molecular weight excluding hydrogens is 236 g/mol. The first-order valence-corrected chi connectivity index (χ1v) is 5.77. The lowest BCUT2D eigenvalue weighted by atomic mass is 10.5. The fourth-order valence-electron chi connectivity index (χ4n) is 0.835. The van der Waals surface area contributed by atoms with Crippen LogP contribution in [0.2, 0.25) is 0 Å². The van der Waals surface area contributed by atoms with Gasteiger partial charge in [0.2, 0.25) is 0 Å². The highest BCUT2D eigenvalue weighted by Crippen LogP contribution is 1.84. The second-order valence-corrected chi connectivity index (χ2v) is 5.14. The van der Waals surface area contributed by atoms with E-state index in [0.717, 1.165) is 6.92 Å². The number of hydrogen-bond acceptors (Lipinski definition) is 4. The van der Waals surface area contributed by atoms with Crippen LogP contribution in [0.15, 0.2) is 0 Å². The van der Waals surface area contributed by atoms with E-state index < -0.39 is 11.9 Å². The Morgan fingerprint density at radius 1 is 1.22 bits per heavy atom. The highest BCUT2D eigenvalue weighted by molar-refractivity contribution is 5.65. The predicted molar refractivity (Wildman–Crippen MR) is 70.1 cm³/mol. The third-order valence-electron chi connectivity index (χ3n) is 1.27. The number of quaternary nitrogens is 1. The summed E-state index contributed by atoms with van der Waals surface area (Å²) in [7, 11) is 9.58. The van der Waals surface area contributed by atoms with E-state index in [0.29, 0.717) is 4.48 Å². The summed E-state index contributed by atoms with van der Waals surface area (Å²) in [6, 6.07) is 0. The van der Waals surface area contributed by atoms with Gasteiger partial charge in [-0.1, -0.05) is 6.92 Å². The Balaban J connectivity index is -0.000000200. The maximum absolute atomic E-state index is 9.89. The van der Waals surface area contributed by atoms with Crippen LogP contribution in [0.25, 0.3) is 0 Å². The molecule has 6 nitrogen and oxygen atoms in total. The van der Waals surface area contributed by atoms with Crippen molar-refractivity contribution in [2.45, 2.75) is 20.3 Å². The SMILES string of the molecule is CC(=O)O.CCCN(C)C.C[N+](C)(C)CC(=O)[O-]. The lowest BCUT2D eigenvalue weighted by Gasteiger charge is -2.23. The molecule has 0 unspecified atom stereocenters. The number of hydrogen-bond donors (Lipinski definition) is 1. The van der Waals surface area contributed by atoms with Gasteiger partial charge in [0.25, 0.3) is 5.97 Å². The Bertz CT molecular complexity index is 219. The zero-order chi connectivity index (χ0) is 15.4. The number of aliphatic carboxylic acids is 2. The van der Waals surface area contributed by atoms with E-state index in [4.69, 9.17) is 9.90 Å². The first-order valence-electron chi connectivity index (χ1n) is 5.77. The number of carbonyl (C=O) groups excluding carboxylic acids is 1. The van der Waals surface area contributed by atoms with Gasteiger partial charge < -0.3 is 24.4 Å². The van der Waals surface area contributed by atoms with Crippen molar-refractivity contribution in [3.8, 4) is 0 Å². The molecule has 0 atom stereocenters. The van der Waals surface area contributed by atoms with Crippen molar-refractivity contribution < 1.29 is 24.3 Å². The minimum absolute atomic E-state index is 0.0694. The zero-order valence-electron chi connectivity index (χ0n) is 12.7. The monoisotopic (exact) mass is 264 g/mol. The normalized spacial score (nSPS) is 9.78. The number of likely N-dealkylation sites (N-methyl/N-ethyl adjacent to an activating group) is 1. The van der Waals surface area contributed by atoms with Crippen LogP contribution < -0.4 is 5.11 Å². The van der Waals surface area contributed by atoms with Gasteiger partial charge in [0.05, 0.1) is 27.1 Å². The van der Waals surface area contributed by atoms with Gasteiger partial charge in [-0.25, -0.2) is 0 Å². The lowest BCUT2D eigenvalue weighted by molar-refractivity contribution is -0.864. The molecule has 6 heteroatoms. The molecule has 0 aliphatic rings. The smallest absolute Gasteiger partial charge is 0.300 e. The van der Waals surface area contributed by atoms with Gasteiger partial charge in [-0.15, -0.1) is 0 Å². The van der Waals surface area contributed by atoms with Crippen molar-refractivity contribution in [3.63, 3.8) is 0 Å². The maximum Gasteiger partial charge on any atom is 0.300 e. The van der Waals surface area contributed by atoms with Crippen molar-refractivity contribution in [1.29, 1.82) is 0 Å². The summed E-state index contributed by atoms with van der Waals surface area (Å²) in [5, 5.41) is 17.3. The van der Waals surface area contributed by atoms with Gasteiger partial charge in [-0.3, -0.25) is 4.79 Å². The molecule has 0 saturated heterocycles. The number of rotatable bonds is 4. The van der Waals surface area contributed by atoms with Crippen LogP contribution in [0.3, 0.4) is 0 Å². The molecule has 0 rings (SSSR count). The minimum Gasteiger partial charge on any atom is -0.544 e. The van der Waals surface area contributed by atoms with Crippen LogP contribution in [0.1, 0.15) is 20.3 Å². The second-order valence-electron chi connectivity index (χ2n) is 5.14. The quantitative estimate of drug-likeness (QED) is 0.692. The van der Waals surface area contributed by atoms with E-state index in [9.17, 15) is 9.90 Å². The maximum atomic E-state index is 9.89. The summed E-state index contributed by atoms with van der Waals surface area (Å²) in [4.78, 5) is 21.1. The van der Waals surface area contributed by atoms with Crippen LogP contribution in [0.5, 0.6) is 0 Å². The van der Waals surface area contributed by atoms with E-state index in [-0.39, 0.29) is 6.54 Å². The van der Waals surface area contributed by atoms with Crippen molar-refractivity contribution in [3.05, 3.63) is 0 Å². The van der Waals surface area contributed by atoms with Gasteiger partial charge in [0.15, 0.2) is 0 Å². The number of carboxylic acids is 2. The molecule has 0 spiro atoms. The van der Waals surface area contributed by atoms with Crippen molar-refractivity contribution >= 4 is 11.9 Å². The van der Waals surface area contributed by atoms with E-state index in [1.807, 2.05) is 0 Å². The lowest BCUT2D eigenvalue weighted by Crippen LogP contribution is -2.45. The standard InChI is InChI=1S/C5H11NO2.C5H13N.C2H4O2/c1-6(2,3)4-5(7)8;1-4-5-6(2)3;1-2(3)4/h4H2,1-3H3;4-5H2,1-3H3;1H3,(H,3,4). The average molecular weight is 264 g/mol. The van der Waals surface area contributed by atoms with Gasteiger partial charge in [0, 0.05) is 6.92 Å². The summed E-state index contributed by atoms with van der Waals surface area (Å²) >= 11 is 0. The molecule has 0 aromatic heterocycles. The summed E-state index contributed by atoms with van der Waals surface area (Å²) in [5.41, 5.74) is 0. The largest absolute Gasteiger partial charge is 0.544 e. The highest BCUT2D eigenvalue weighted by Gasteiger charge is 2.04. The fraction of sp³-hybridized carbons (Fsp3) is 0.833. The van der Waals surface area contributed by atoms with Crippen LogP contribution in [-0.2, 0) is 9.59 Å². The minimum atomic E-state index is -1.00. The molecule has 0 fully saturated rings. The molecule has 0 aliphatic heterocycles. The van der Waals surface area contributed by atoms with Gasteiger partial charge in [-0.05, 0) is 27.1 Å². The first kappa shape index (κ1) is 22.1. The fourth-order valence-corrected chi connectivity index (χ4v) is 0.835. The molecule has 0 aromatic rings. The Hall–Kier alpha value is -1.14. The van der Waals surface area contributed by atoms with E-state index in [1.54, 1.807) is 21.1 Å². The van der Waals surface area contributed by atoms with Crippen LogP contribution >= 0.6 is 0 Å². The molecule has 0 aromatic carbocycles. The number of carboxylic acid groups (broad SMARTS) is 2. The number of carbonyl (C=O) groups is 2. The molecule has 110 valence electrons. The molecule has 0 saturated carbocycles. The first-order chi connectivity index (χ1) is 7.92. The van der Waals surface area contributed by atoms with E-state index in [2.05, 4.69) is 25.9 Å². The third-order valence-corrected chi connectivity index (χ3v) is 1.27. The van der Waals surface area contributed by atoms with Crippen LogP contribution in [0, 0.1) is 0 Å². The summed E-state index contributed by atoms with van der Waals surface area (Å²) in [6.45, 7) is 4.54. The average Bonchev–Trinajstić information content (AvgIpc) is 1.97. The molecule has 18 heavy (non-hydrogen) atoms. The molecule has 0 bridgehead atoms. The van der Waals surface area contributed by atoms with E-state index >= 15 is 0 Å². The highest BCUT2D eigenvalue weighted by atomic mass is 16.4. The van der Waals surface area contributed by atoms with Crippen LogP contribution in [0.4, 0.5) is 0 Å². The molecule has 0 heterocycles. The summed E-state index contributed by atoms with van der Waals surface area (Å²) in [6.07, 6.45) is 1.26. The Morgan fingerprint density at radius 3 is 1.56 bits per heavy atom. The molecular formula is C12H28N2O4. The van der Waals surface area contributed by atoms with Crippen LogP contribution in [-0.4, -0.2) is 74.8 Å². The zero-order valence-corrected chi connectivity index (χ0v) is 12.7. The predicted octanol–water partition coefficient (Wildman–Crippen LogP) is -0.509. The molecule has 0 radical (unpaired) electrons. The number of nitrogens with zero attached hydrogens (tertiary/aromatic N) is 2. The third kappa shape index (κ3) is 60.7. The Kier molecular flexibility index (Phi) is 15.1. The van der Waals surface area contributed by atoms with E-state index in [1.165, 1.54) is 13.0 Å². The van der Waals surface area contributed by atoms with Crippen molar-refractivity contribution in [2.75, 3.05) is 48.3 Å². The van der Waals surface area contributed by atoms with Crippen molar-refractivity contribution in [1.82, 2.24) is 4.90 Å². The van der Waals surface area contributed by atoms with Gasteiger partial charge in [-0.2, -0.15) is 0 Å². The Morgan fingerprint density at radius 2 is 1.56 bits per heavy atom. The van der Waals surface area contributed by atoms with Gasteiger partial charge in [0.1, 0.15) is 6.54 Å². The van der Waals surface area contributed by atoms with Gasteiger partial charge >= 0.3 is 0 Å². The topological polar surface area (TPSA) is 80.7 Å². The second kappa shape index (κ2) is 12.3. The van der Waals surface area contributed by atoms with Crippen molar-refractivity contribution in [2.24, 2.45) is 0 Å². The molecule has 0 aliphatic carbocycles.